The van der Waals surface area contributed by atoms with Gasteiger partial charge < -0.3 is 14.1 Å². The van der Waals surface area contributed by atoms with E-state index in [4.69, 9.17) is 9.15 Å². The molecular weight excluding hydrogens is 306 g/mol. The second-order valence-electron chi connectivity index (χ2n) is 6.00. The minimum atomic E-state index is -0.0259. The topological polar surface area (TPSA) is 59.8 Å². The molecule has 1 aliphatic rings. The fourth-order valence-corrected chi connectivity index (χ4v) is 3.15. The molecule has 0 unspecified atom stereocenters. The summed E-state index contributed by atoms with van der Waals surface area (Å²) in [7, 11) is 1.60. The van der Waals surface area contributed by atoms with Gasteiger partial charge in [0.15, 0.2) is 5.78 Å². The number of ketones is 1. The Morgan fingerprint density at radius 3 is 2.71 bits per heavy atom. The highest BCUT2D eigenvalue weighted by Gasteiger charge is 2.30. The molecule has 24 heavy (non-hydrogen) atoms. The van der Waals surface area contributed by atoms with E-state index >= 15 is 0 Å². The summed E-state index contributed by atoms with van der Waals surface area (Å²) in [5, 5.41) is 0. The number of nitrogens with zero attached hydrogens (tertiary/aromatic N) is 1. The number of benzene rings is 1. The average molecular weight is 327 g/mol. The molecule has 3 rings (SSSR count). The van der Waals surface area contributed by atoms with Gasteiger partial charge in [-0.25, -0.2) is 0 Å². The van der Waals surface area contributed by atoms with Crippen LogP contribution >= 0.6 is 0 Å². The van der Waals surface area contributed by atoms with Crippen LogP contribution in [0.25, 0.3) is 0 Å². The minimum Gasteiger partial charge on any atom is -0.497 e. The predicted octanol–water partition coefficient (Wildman–Crippen LogP) is 3.09. The molecular formula is C19H21NO4. The molecule has 0 aliphatic carbocycles. The Morgan fingerprint density at radius 2 is 2.04 bits per heavy atom. The second kappa shape index (κ2) is 7.34. The Bertz CT molecular complexity index is 691. The summed E-state index contributed by atoms with van der Waals surface area (Å²) in [6.45, 7) is 0.708. The third-order valence-corrected chi connectivity index (χ3v) is 4.44. The molecule has 1 aromatic carbocycles. The number of hydrogen-bond acceptors (Lipinski definition) is 4. The normalized spacial score (nSPS) is 17.0. The molecule has 0 bridgehead atoms. The molecule has 0 saturated carbocycles. The summed E-state index contributed by atoms with van der Waals surface area (Å²) in [6.07, 6.45) is 3.98. The van der Waals surface area contributed by atoms with Gasteiger partial charge in [0.1, 0.15) is 11.5 Å². The number of Topliss-reactive ketones (excluding diaryl/α,β-unsaturated/α-hetero) is 1. The maximum Gasteiger partial charge on any atom is 0.230 e. The average Bonchev–Trinajstić information content (AvgIpc) is 3.26. The Labute approximate surface area is 141 Å². The van der Waals surface area contributed by atoms with Crippen molar-refractivity contribution in [1.29, 1.82) is 0 Å². The fourth-order valence-electron chi connectivity index (χ4n) is 3.15. The fraction of sp³-hybridized carbons (Fsp3) is 0.368. The summed E-state index contributed by atoms with van der Waals surface area (Å²) < 4.78 is 10.4. The first-order valence-corrected chi connectivity index (χ1v) is 8.16. The number of carbonyl (C=O) groups is 2. The molecule has 1 aromatic heterocycles. The largest absolute Gasteiger partial charge is 0.497 e. The first kappa shape index (κ1) is 16.3. The van der Waals surface area contributed by atoms with Crippen molar-refractivity contribution in [3.63, 3.8) is 0 Å². The van der Waals surface area contributed by atoms with Gasteiger partial charge in [-0.1, -0.05) is 0 Å². The van der Waals surface area contributed by atoms with Crippen molar-refractivity contribution in [2.75, 3.05) is 13.7 Å². The third kappa shape index (κ3) is 3.67. The van der Waals surface area contributed by atoms with Gasteiger partial charge in [-0.15, -0.1) is 0 Å². The van der Waals surface area contributed by atoms with Crippen LogP contribution in [0, 0.1) is 0 Å². The van der Waals surface area contributed by atoms with Crippen LogP contribution in [0.5, 0.6) is 5.75 Å². The molecule has 5 nitrogen and oxygen atoms in total. The van der Waals surface area contributed by atoms with Gasteiger partial charge in [0.05, 0.1) is 19.8 Å². The number of ether oxygens (including phenoxy) is 1. The molecule has 1 aliphatic heterocycles. The van der Waals surface area contributed by atoms with Crippen molar-refractivity contribution in [1.82, 2.24) is 4.90 Å². The van der Waals surface area contributed by atoms with E-state index in [1.165, 1.54) is 0 Å². The summed E-state index contributed by atoms with van der Waals surface area (Å²) in [6, 6.07) is 10.6. The molecule has 126 valence electrons. The SMILES string of the molecule is COc1ccc(C(=O)C[C@@H]2CCCN2C(=O)Cc2ccco2)cc1. The minimum absolute atomic E-state index is 0.0231. The van der Waals surface area contributed by atoms with E-state index in [-0.39, 0.29) is 24.2 Å². The maximum absolute atomic E-state index is 12.5. The van der Waals surface area contributed by atoms with Crippen LogP contribution in [0.3, 0.4) is 0 Å². The van der Waals surface area contributed by atoms with Gasteiger partial charge in [0, 0.05) is 24.6 Å². The van der Waals surface area contributed by atoms with E-state index < -0.39 is 0 Å². The summed E-state index contributed by atoms with van der Waals surface area (Å²) >= 11 is 0. The molecule has 1 saturated heterocycles. The Hall–Kier alpha value is -2.56. The number of methoxy groups -OCH3 is 1. The van der Waals surface area contributed by atoms with E-state index in [2.05, 4.69) is 0 Å². The molecule has 1 amide bonds. The van der Waals surface area contributed by atoms with E-state index in [0.29, 0.717) is 24.3 Å². The number of hydrogen-bond donors (Lipinski definition) is 0. The van der Waals surface area contributed by atoms with E-state index in [1.807, 2.05) is 4.90 Å². The molecule has 2 aromatic rings. The van der Waals surface area contributed by atoms with Crippen molar-refractivity contribution in [3.8, 4) is 5.75 Å². The van der Waals surface area contributed by atoms with Crippen LogP contribution in [0.2, 0.25) is 0 Å². The lowest BCUT2D eigenvalue weighted by molar-refractivity contribution is -0.131. The van der Waals surface area contributed by atoms with Crippen LogP contribution in [0.15, 0.2) is 47.1 Å². The summed E-state index contributed by atoms with van der Waals surface area (Å²) in [5.74, 6) is 1.46. The van der Waals surface area contributed by atoms with Gasteiger partial charge in [0.2, 0.25) is 5.91 Å². The van der Waals surface area contributed by atoms with Crippen molar-refractivity contribution in [3.05, 3.63) is 54.0 Å². The first-order valence-electron chi connectivity index (χ1n) is 8.16. The summed E-state index contributed by atoms with van der Waals surface area (Å²) in [5.41, 5.74) is 0.654. The van der Waals surface area contributed by atoms with Gasteiger partial charge in [-0.2, -0.15) is 0 Å². The molecule has 0 radical (unpaired) electrons. The van der Waals surface area contributed by atoms with Crippen LogP contribution in [0.4, 0.5) is 0 Å². The number of furan rings is 1. The van der Waals surface area contributed by atoms with Crippen molar-refractivity contribution >= 4 is 11.7 Å². The van der Waals surface area contributed by atoms with Crippen LogP contribution in [-0.4, -0.2) is 36.3 Å². The molecule has 1 atom stereocenters. The van der Waals surface area contributed by atoms with E-state index in [1.54, 1.807) is 49.8 Å². The smallest absolute Gasteiger partial charge is 0.230 e. The molecule has 1 fully saturated rings. The van der Waals surface area contributed by atoms with Crippen LogP contribution < -0.4 is 4.74 Å². The Balaban J connectivity index is 1.62. The molecule has 2 heterocycles. The lowest BCUT2D eigenvalue weighted by Crippen LogP contribution is -2.37. The quantitative estimate of drug-likeness (QED) is 0.765. The third-order valence-electron chi connectivity index (χ3n) is 4.44. The van der Waals surface area contributed by atoms with E-state index in [9.17, 15) is 9.59 Å². The highest BCUT2D eigenvalue weighted by atomic mass is 16.5. The Kier molecular flexibility index (Phi) is 4.99. The van der Waals surface area contributed by atoms with Gasteiger partial charge in [0.25, 0.3) is 0 Å². The van der Waals surface area contributed by atoms with Gasteiger partial charge in [-0.3, -0.25) is 9.59 Å². The van der Waals surface area contributed by atoms with Crippen molar-refractivity contribution in [2.45, 2.75) is 31.7 Å². The molecule has 5 heteroatoms. The predicted molar refractivity (Wildman–Crippen MR) is 89.1 cm³/mol. The standard InChI is InChI=1S/C19H21NO4/c1-23-16-8-6-14(7-9-16)18(21)12-15-4-2-10-20(15)19(22)13-17-5-3-11-24-17/h3,5-9,11,15H,2,4,10,12-13H2,1H3/t15-/m0/s1. The number of rotatable bonds is 6. The molecule has 0 spiro atoms. The number of likely N-dealkylation sites (tertiary alicyclic amines) is 1. The van der Waals surface area contributed by atoms with E-state index in [0.717, 1.165) is 18.6 Å². The zero-order chi connectivity index (χ0) is 16.9. The lowest BCUT2D eigenvalue weighted by atomic mass is 10.0. The Morgan fingerprint density at radius 1 is 1.25 bits per heavy atom. The van der Waals surface area contributed by atoms with Crippen LogP contribution in [-0.2, 0) is 11.2 Å². The van der Waals surface area contributed by atoms with Gasteiger partial charge >= 0.3 is 0 Å². The number of amides is 1. The lowest BCUT2D eigenvalue weighted by Gasteiger charge is -2.24. The monoisotopic (exact) mass is 327 g/mol. The van der Waals surface area contributed by atoms with Crippen molar-refractivity contribution in [2.24, 2.45) is 0 Å². The first-order chi connectivity index (χ1) is 11.7. The van der Waals surface area contributed by atoms with Crippen LogP contribution in [0.1, 0.15) is 35.4 Å². The highest BCUT2D eigenvalue weighted by Crippen LogP contribution is 2.23. The molecule has 0 N–H and O–H groups in total. The zero-order valence-corrected chi connectivity index (χ0v) is 13.7. The zero-order valence-electron chi connectivity index (χ0n) is 13.7. The maximum atomic E-state index is 12.5. The highest BCUT2D eigenvalue weighted by molar-refractivity contribution is 5.96. The second-order valence-corrected chi connectivity index (χ2v) is 6.00. The van der Waals surface area contributed by atoms with Gasteiger partial charge in [-0.05, 0) is 49.2 Å². The summed E-state index contributed by atoms with van der Waals surface area (Å²) in [4.78, 5) is 26.8. The number of carbonyl (C=O) groups excluding carboxylic acids is 2. The van der Waals surface area contributed by atoms with Crippen molar-refractivity contribution < 1.29 is 18.7 Å².